The minimum Gasteiger partial charge on any atom is -0.493 e. The third-order valence-corrected chi connectivity index (χ3v) is 3.26. The Balaban J connectivity index is 1.67. The molecule has 2 aliphatic heterocycles. The zero-order valence-electron chi connectivity index (χ0n) is 9.96. The Labute approximate surface area is 105 Å². The lowest BCUT2D eigenvalue weighted by atomic mass is 10.1. The van der Waals surface area contributed by atoms with Crippen molar-refractivity contribution in [3.8, 4) is 11.5 Å². The molecule has 1 aromatic carbocycles. The number of ether oxygens (including phenoxy) is 3. The summed E-state index contributed by atoms with van der Waals surface area (Å²) in [4.78, 5) is 0. The Kier molecular flexibility index (Phi) is 3.06. The van der Waals surface area contributed by atoms with Crippen molar-refractivity contribution in [1.29, 1.82) is 0 Å². The van der Waals surface area contributed by atoms with Crippen molar-refractivity contribution < 1.29 is 19.4 Å². The number of hydrogen-bond donors (Lipinski definition) is 1. The van der Waals surface area contributed by atoms with Gasteiger partial charge in [0.15, 0.2) is 0 Å². The summed E-state index contributed by atoms with van der Waals surface area (Å²) in [5.74, 6) is 1.97. The number of oxime groups is 1. The SMILES string of the molecule is ON=C1COc2cc(OCC3CCOC3)ccc21. The number of nitrogens with zero attached hydrogens (tertiary/aromatic N) is 1. The second-order valence-electron chi connectivity index (χ2n) is 4.53. The van der Waals surface area contributed by atoms with Gasteiger partial charge in [-0.3, -0.25) is 0 Å². The van der Waals surface area contributed by atoms with E-state index in [1.54, 1.807) is 0 Å². The fourth-order valence-corrected chi connectivity index (χ4v) is 2.19. The van der Waals surface area contributed by atoms with Crippen LogP contribution in [0.25, 0.3) is 0 Å². The van der Waals surface area contributed by atoms with Gasteiger partial charge in [0.25, 0.3) is 0 Å². The van der Waals surface area contributed by atoms with Gasteiger partial charge in [0.1, 0.15) is 23.8 Å². The molecule has 0 aromatic heterocycles. The standard InChI is InChI=1S/C13H15NO4/c15-14-12-8-18-13-5-10(1-2-11(12)13)17-7-9-3-4-16-6-9/h1-2,5,9,15H,3-4,6-8H2. The van der Waals surface area contributed by atoms with Crippen molar-refractivity contribution in [2.24, 2.45) is 11.1 Å². The van der Waals surface area contributed by atoms with E-state index in [1.807, 2.05) is 18.2 Å². The van der Waals surface area contributed by atoms with Gasteiger partial charge in [-0.15, -0.1) is 0 Å². The fourth-order valence-electron chi connectivity index (χ4n) is 2.19. The first-order chi connectivity index (χ1) is 8.86. The van der Waals surface area contributed by atoms with Crippen LogP contribution < -0.4 is 9.47 Å². The summed E-state index contributed by atoms with van der Waals surface area (Å²) in [6.45, 7) is 2.59. The molecule has 1 N–H and O–H groups in total. The molecule has 0 radical (unpaired) electrons. The van der Waals surface area contributed by atoms with Crippen LogP contribution in [-0.4, -0.2) is 37.3 Å². The quantitative estimate of drug-likeness (QED) is 0.654. The zero-order valence-corrected chi connectivity index (χ0v) is 9.96. The van der Waals surface area contributed by atoms with E-state index in [0.717, 1.165) is 30.9 Å². The predicted octanol–water partition coefficient (Wildman–Crippen LogP) is 1.67. The molecule has 96 valence electrons. The van der Waals surface area contributed by atoms with Crippen LogP contribution in [0.4, 0.5) is 0 Å². The molecule has 3 rings (SSSR count). The third-order valence-electron chi connectivity index (χ3n) is 3.26. The van der Waals surface area contributed by atoms with Gasteiger partial charge in [0.05, 0.1) is 13.2 Å². The first-order valence-corrected chi connectivity index (χ1v) is 6.05. The van der Waals surface area contributed by atoms with E-state index in [2.05, 4.69) is 5.16 Å². The smallest absolute Gasteiger partial charge is 0.134 e. The third kappa shape index (κ3) is 2.13. The molecular weight excluding hydrogens is 234 g/mol. The molecule has 5 heteroatoms. The summed E-state index contributed by atoms with van der Waals surface area (Å²) in [6.07, 6.45) is 1.06. The van der Waals surface area contributed by atoms with Crippen LogP contribution in [-0.2, 0) is 4.74 Å². The highest BCUT2D eigenvalue weighted by atomic mass is 16.5. The molecule has 1 aromatic rings. The predicted molar refractivity (Wildman–Crippen MR) is 64.7 cm³/mol. The molecule has 2 heterocycles. The lowest BCUT2D eigenvalue weighted by Gasteiger charge is -2.10. The molecule has 1 unspecified atom stereocenters. The monoisotopic (exact) mass is 249 g/mol. The van der Waals surface area contributed by atoms with E-state index in [4.69, 9.17) is 19.4 Å². The lowest BCUT2D eigenvalue weighted by molar-refractivity contribution is 0.167. The summed E-state index contributed by atoms with van der Waals surface area (Å²) in [5.41, 5.74) is 1.38. The van der Waals surface area contributed by atoms with Gasteiger partial charge < -0.3 is 19.4 Å². The van der Waals surface area contributed by atoms with E-state index < -0.39 is 0 Å². The van der Waals surface area contributed by atoms with E-state index in [0.29, 0.717) is 30.6 Å². The van der Waals surface area contributed by atoms with Crippen molar-refractivity contribution >= 4 is 5.71 Å². The highest BCUT2D eigenvalue weighted by molar-refractivity contribution is 6.05. The van der Waals surface area contributed by atoms with Crippen LogP contribution in [0.3, 0.4) is 0 Å². The molecule has 0 spiro atoms. The molecule has 0 aliphatic carbocycles. The normalized spacial score (nSPS) is 24.0. The van der Waals surface area contributed by atoms with Gasteiger partial charge in [-0.05, 0) is 18.6 Å². The average molecular weight is 249 g/mol. The molecule has 0 saturated carbocycles. The van der Waals surface area contributed by atoms with E-state index in [1.165, 1.54) is 0 Å². The molecular formula is C13H15NO4. The van der Waals surface area contributed by atoms with E-state index in [9.17, 15) is 0 Å². The highest BCUT2D eigenvalue weighted by Gasteiger charge is 2.21. The van der Waals surface area contributed by atoms with E-state index >= 15 is 0 Å². The van der Waals surface area contributed by atoms with Gasteiger partial charge in [-0.2, -0.15) is 0 Å². The minimum absolute atomic E-state index is 0.311. The maximum atomic E-state index is 8.79. The molecule has 2 aliphatic rings. The van der Waals surface area contributed by atoms with Crippen molar-refractivity contribution in [3.05, 3.63) is 23.8 Å². The van der Waals surface area contributed by atoms with E-state index in [-0.39, 0.29) is 0 Å². The summed E-state index contributed by atoms with van der Waals surface area (Å²) in [6, 6.07) is 5.57. The van der Waals surface area contributed by atoms with Gasteiger partial charge >= 0.3 is 0 Å². The Morgan fingerprint density at radius 2 is 2.39 bits per heavy atom. The first kappa shape index (κ1) is 11.3. The average Bonchev–Trinajstić information content (AvgIpc) is 3.05. The van der Waals surface area contributed by atoms with Crippen molar-refractivity contribution in [2.75, 3.05) is 26.4 Å². The maximum Gasteiger partial charge on any atom is 0.134 e. The highest BCUT2D eigenvalue weighted by Crippen LogP contribution is 2.30. The molecule has 5 nitrogen and oxygen atoms in total. The van der Waals surface area contributed by atoms with Crippen molar-refractivity contribution in [1.82, 2.24) is 0 Å². The molecule has 0 amide bonds. The number of fused-ring (bicyclic) bond motifs is 1. The minimum atomic E-state index is 0.311. The van der Waals surface area contributed by atoms with Crippen molar-refractivity contribution in [2.45, 2.75) is 6.42 Å². The Hall–Kier alpha value is -1.75. The largest absolute Gasteiger partial charge is 0.493 e. The van der Waals surface area contributed by atoms with Crippen LogP contribution >= 0.6 is 0 Å². The molecule has 1 fully saturated rings. The Bertz CT molecular complexity index is 466. The second kappa shape index (κ2) is 4.86. The van der Waals surface area contributed by atoms with Crippen LogP contribution in [0.15, 0.2) is 23.4 Å². The van der Waals surface area contributed by atoms with Crippen LogP contribution in [0.2, 0.25) is 0 Å². The van der Waals surface area contributed by atoms with Gasteiger partial charge in [0.2, 0.25) is 0 Å². The second-order valence-corrected chi connectivity index (χ2v) is 4.53. The van der Waals surface area contributed by atoms with Gasteiger partial charge in [-0.25, -0.2) is 0 Å². The molecule has 0 bridgehead atoms. The first-order valence-electron chi connectivity index (χ1n) is 6.05. The fraction of sp³-hybridized carbons (Fsp3) is 0.462. The van der Waals surface area contributed by atoms with Gasteiger partial charge in [-0.1, -0.05) is 5.16 Å². The maximum absolute atomic E-state index is 8.79. The van der Waals surface area contributed by atoms with Crippen LogP contribution in [0.1, 0.15) is 12.0 Å². The van der Waals surface area contributed by atoms with Gasteiger partial charge in [0, 0.05) is 24.2 Å². The van der Waals surface area contributed by atoms with Crippen LogP contribution in [0.5, 0.6) is 11.5 Å². The summed E-state index contributed by atoms with van der Waals surface area (Å²) in [5, 5.41) is 12.0. The van der Waals surface area contributed by atoms with Crippen molar-refractivity contribution in [3.63, 3.8) is 0 Å². The van der Waals surface area contributed by atoms with Crippen LogP contribution in [0, 0.1) is 5.92 Å². The molecule has 18 heavy (non-hydrogen) atoms. The number of benzene rings is 1. The molecule has 1 saturated heterocycles. The molecule has 1 atom stereocenters. The summed E-state index contributed by atoms with van der Waals surface area (Å²) < 4.78 is 16.4. The summed E-state index contributed by atoms with van der Waals surface area (Å²) in [7, 11) is 0. The number of rotatable bonds is 3. The Morgan fingerprint density at radius 1 is 1.44 bits per heavy atom. The topological polar surface area (TPSA) is 60.3 Å². The lowest BCUT2D eigenvalue weighted by Crippen LogP contribution is -2.11. The number of hydrogen-bond acceptors (Lipinski definition) is 5. The Morgan fingerprint density at radius 3 is 3.17 bits per heavy atom. The summed E-state index contributed by atoms with van der Waals surface area (Å²) >= 11 is 0. The zero-order chi connectivity index (χ0) is 12.4.